The molecule has 0 heterocycles. The van der Waals surface area contributed by atoms with Crippen LogP contribution in [0.15, 0.2) is 22.7 Å². The van der Waals surface area contributed by atoms with E-state index < -0.39 is 11.4 Å². The van der Waals surface area contributed by atoms with Crippen LogP contribution < -0.4 is 4.72 Å². The zero-order valence-corrected chi connectivity index (χ0v) is 13.5. The lowest BCUT2D eigenvalue weighted by atomic mass is 10.1. The Balaban J connectivity index is 2.68. The molecule has 2 atom stereocenters. The molecule has 5 heteroatoms. The third kappa shape index (κ3) is 4.53. The van der Waals surface area contributed by atoms with Gasteiger partial charge in [0.1, 0.15) is 10.6 Å². The van der Waals surface area contributed by atoms with Crippen molar-refractivity contribution in [1.82, 2.24) is 4.72 Å². The molecular weight excluding hydrogens is 317 g/mol. The molecule has 1 aromatic rings. The number of halogens is 2. The largest absolute Gasteiger partial charge is 0.598 e. The van der Waals surface area contributed by atoms with Crippen LogP contribution in [0.2, 0.25) is 0 Å². The molecule has 2 nitrogen and oxygen atoms in total. The van der Waals surface area contributed by atoms with E-state index in [1.54, 1.807) is 6.07 Å². The molecule has 1 unspecified atom stereocenters. The van der Waals surface area contributed by atoms with Crippen LogP contribution in [0.3, 0.4) is 0 Å². The van der Waals surface area contributed by atoms with E-state index in [9.17, 15) is 8.94 Å². The van der Waals surface area contributed by atoms with Crippen LogP contribution in [0.1, 0.15) is 33.3 Å². The summed E-state index contributed by atoms with van der Waals surface area (Å²) >= 11 is 2.20. The Morgan fingerprint density at radius 1 is 1.44 bits per heavy atom. The first-order valence-corrected chi connectivity index (χ1v) is 7.77. The molecule has 1 aromatic carbocycles. The highest BCUT2D eigenvalue weighted by molar-refractivity contribution is 9.10. The summed E-state index contributed by atoms with van der Waals surface area (Å²) in [6, 6.07) is 4.85. The quantitative estimate of drug-likeness (QED) is 0.853. The SMILES string of the molecule is C[C@H](Cc1c(F)cccc1Br)N[S+]([O-])C(C)(C)C. The fourth-order valence-electron chi connectivity index (χ4n) is 1.43. The minimum absolute atomic E-state index is 0.0572. The lowest BCUT2D eigenvalue weighted by Gasteiger charge is -2.26. The molecule has 0 aliphatic rings. The maximum absolute atomic E-state index is 13.6. The summed E-state index contributed by atoms with van der Waals surface area (Å²) in [4.78, 5) is 0. The lowest BCUT2D eigenvalue weighted by molar-refractivity contribution is 0.521. The van der Waals surface area contributed by atoms with Crippen LogP contribution in [-0.4, -0.2) is 15.3 Å². The van der Waals surface area contributed by atoms with Crippen molar-refractivity contribution in [2.24, 2.45) is 0 Å². The summed E-state index contributed by atoms with van der Waals surface area (Å²) in [6.07, 6.45) is 0.495. The maximum atomic E-state index is 13.6. The molecule has 0 bridgehead atoms. The summed E-state index contributed by atoms with van der Waals surface area (Å²) < 4.78 is 29.0. The molecule has 0 radical (unpaired) electrons. The fraction of sp³-hybridized carbons (Fsp3) is 0.538. The maximum Gasteiger partial charge on any atom is 0.136 e. The van der Waals surface area contributed by atoms with Gasteiger partial charge in [-0.05, 0) is 46.2 Å². The van der Waals surface area contributed by atoms with E-state index in [1.807, 2.05) is 33.8 Å². The Hall–Kier alpha value is -0.100. The number of hydrogen-bond acceptors (Lipinski definition) is 2. The van der Waals surface area contributed by atoms with E-state index in [-0.39, 0.29) is 16.6 Å². The van der Waals surface area contributed by atoms with E-state index >= 15 is 0 Å². The van der Waals surface area contributed by atoms with Crippen molar-refractivity contribution in [1.29, 1.82) is 0 Å². The van der Waals surface area contributed by atoms with E-state index in [0.717, 1.165) is 4.47 Å². The van der Waals surface area contributed by atoms with Crippen LogP contribution in [0.4, 0.5) is 4.39 Å². The number of nitrogens with one attached hydrogen (secondary N) is 1. The predicted octanol–water partition coefficient (Wildman–Crippen LogP) is 3.57. The minimum Gasteiger partial charge on any atom is -0.598 e. The summed E-state index contributed by atoms with van der Waals surface area (Å²) in [5, 5.41) is 0. The Bertz CT molecular complexity index is 388. The van der Waals surface area contributed by atoms with Crippen molar-refractivity contribution < 1.29 is 8.94 Å². The third-order valence-electron chi connectivity index (χ3n) is 2.44. The van der Waals surface area contributed by atoms with E-state index in [0.29, 0.717) is 12.0 Å². The van der Waals surface area contributed by atoms with Crippen molar-refractivity contribution in [3.8, 4) is 0 Å². The molecule has 18 heavy (non-hydrogen) atoms. The van der Waals surface area contributed by atoms with Crippen molar-refractivity contribution in [2.75, 3.05) is 0 Å². The van der Waals surface area contributed by atoms with Gasteiger partial charge in [-0.2, -0.15) is 0 Å². The molecule has 0 amide bonds. The number of hydrogen-bond donors (Lipinski definition) is 1. The standard InChI is InChI=1S/C13H19BrFNOS/c1-9(16-18(17)13(2,3)4)8-10-11(14)6-5-7-12(10)15/h5-7,9,16H,8H2,1-4H3/t9-,18?/m1/s1. The van der Waals surface area contributed by atoms with Crippen molar-refractivity contribution in [2.45, 2.75) is 44.9 Å². The van der Waals surface area contributed by atoms with Gasteiger partial charge >= 0.3 is 0 Å². The topological polar surface area (TPSA) is 35.1 Å². The molecule has 0 fully saturated rings. The summed E-state index contributed by atoms with van der Waals surface area (Å²) in [7, 11) is 0. The lowest BCUT2D eigenvalue weighted by Crippen LogP contribution is -2.44. The van der Waals surface area contributed by atoms with Gasteiger partial charge < -0.3 is 4.55 Å². The summed E-state index contributed by atoms with van der Waals surface area (Å²) in [5.41, 5.74) is 0.614. The molecule has 102 valence electrons. The first kappa shape index (κ1) is 16.0. The molecule has 0 aromatic heterocycles. The second kappa shape index (κ2) is 6.37. The Kier molecular flexibility index (Phi) is 5.65. The molecule has 1 N–H and O–H groups in total. The molecule has 0 saturated carbocycles. The second-order valence-electron chi connectivity index (χ2n) is 5.30. The zero-order chi connectivity index (χ0) is 13.9. The van der Waals surface area contributed by atoms with E-state index in [1.165, 1.54) is 6.07 Å². The number of benzene rings is 1. The molecule has 0 spiro atoms. The molecular formula is C13H19BrFNOS. The van der Waals surface area contributed by atoms with Crippen LogP contribution in [-0.2, 0) is 17.8 Å². The Morgan fingerprint density at radius 2 is 2.06 bits per heavy atom. The van der Waals surface area contributed by atoms with Crippen molar-refractivity contribution >= 4 is 27.3 Å². The van der Waals surface area contributed by atoms with Gasteiger partial charge in [0.25, 0.3) is 0 Å². The smallest absolute Gasteiger partial charge is 0.136 e. The second-order valence-corrected chi connectivity index (χ2v) is 8.16. The summed E-state index contributed by atoms with van der Waals surface area (Å²) in [5.74, 6) is -0.237. The minimum atomic E-state index is -1.14. The van der Waals surface area contributed by atoms with Crippen molar-refractivity contribution in [3.63, 3.8) is 0 Å². The third-order valence-corrected chi connectivity index (χ3v) is 4.91. The fourth-order valence-corrected chi connectivity index (χ4v) is 2.74. The molecule has 0 aliphatic heterocycles. The average Bonchev–Trinajstić information content (AvgIpc) is 2.22. The first-order valence-electron chi connectivity index (χ1n) is 5.82. The monoisotopic (exact) mass is 335 g/mol. The van der Waals surface area contributed by atoms with E-state index in [4.69, 9.17) is 0 Å². The number of rotatable bonds is 4. The molecule has 0 aliphatic carbocycles. The van der Waals surface area contributed by atoms with Gasteiger partial charge in [0.15, 0.2) is 0 Å². The van der Waals surface area contributed by atoms with Crippen LogP contribution in [0.5, 0.6) is 0 Å². The molecule has 1 rings (SSSR count). The van der Waals surface area contributed by atoms with Gasteiger partial charge in [-0.3, -0.25) is 0 Å². The Morgan fingerprint density at radius 3 is 2.56 bits per heavy atom. The zero-order valence-electron chi connectivity index (χ0n) is 11.1. The van der Waals surface area contributed by atoms with Gasteiger partial charge in [-0.15, -0.1) is 4.72 Å². The average molecular weight is 336 g/mol. The highest BCUT2D eigenvalue weighted by Crippen LogP contribution is 2.22. The Labute approximate surface area is 120 Å². The van der Waals surface area contributed by atoms with Crippen molar-refractivity contribution in [3.05, 3.63) is 34.1 Å². The predicted molar refractivity (Wildman–Crippen MR) is 78.3 cm³/mol. The summed E-state index contributed by atoms with van der Waals surface area (Å²) in [6.45, 7) is 7.62. The van der Waals surface area contributed by atoms with Gasteiger partial charge in [-0.1, -0.05) is 22.0 Å². The van der Waals surface area contributed by atoms with Gasteiger partial charge in [0, 0.05) is 21.4 Å². The van der Waals surface area contributed by atoms with Gasteiger partial charge in [-0.25, -0.2) is 4.39 Å². The van der Waals surface area contributed by atoms with E-state index in [2.05, 4.69) is 20.7 Å². The van der Waals surface area contributed by atoms with Crippen LogP contribution in [0.25, 0.3) is 0 Å². The molecule has 0 saturated heterocycles. The highest BCUT2D eigenvalue weighted by Gasteiger charge is 2.28. The normalized spacial score (nSPS) is 15.5. The van der Waals surface area contributed by atoms with Gasteiger partial charge in [0.05, 0.1) is 6.04 Å². The van der Waals surface area contributed by atoms with Gasteiger partial charge in [0.2, 0.25) is 0 Å². The first-order chi connectivity index (χ1) is 8.21. The highest BCUT2D eigenvalue weighted by atomic mass is 79.9. The van der Waals surface area contributed by atoms with Crippen LogP contribution in [0, 0.1) is 5.82 Å². The van der Waals surface area contributed by atoms with Crippen LogP contribution >= 0.6 is 15.9 Å².